The van der Waals surface area contributed by atoms with Gasteiger partial charge in [0.2, 0.25) is 5.95 Å². The number of nitrogen functional groups attached to an aromatic ring is 1. The number of furan rings is 1. The molecule has 0 bridgehead atoms. The summed E-state index contributed by atoms with van der Waals surface area (Å²) in [4.78, 5) is 7.31. The maximum atomic E-state index is 12.6. The van der Waals surface area contributed by atoms with Crippen LogP contribution in [0.25, 0.3) is 11.0 Å². The summed E-state index contributed by atoms with van der Waals surface area (Å²) >= 11 is 0. The van der Waals surface area contributed by atoms with E-state index in [0.29, 0.717) is 12.0 Å². The predicted octanol–water partition coefficient (Wildman–Crippen LogP) is 4.00. The first-order valence-corrected chi connectivity index (χ1v) is 6.79. The Morgan fingerprint density at radius 3 is 2.65 bits per heavy atom. The summed E-state index contributed by atoms with van der Waals surface area (Å²) in [6.45, 7) is 1.79. The first-order chi connectivity index (χ1) is 10.8. The molecule has 0 saturated heterocycles. The van der Waals surface area contributed by atoms with Gasteiger partial charge < -0.3 is 15.5 Å². The first-order valence-electron chi connectivity index (χ1n) is 6.79. The number of nitrogens with one attached hydrogen (secondary N) is 1. The van der Waals surface area contributed by atoms with Crippen LogP contribution in [-0.2, 0) is 6.18 Å². The zero-order valence-electron chi connectivity index (χ0n) is 12.1. The van der Waals surface area contributed by atoms with Gasteiger partial charge >= 0.3 is 6.18 Å². The standard InChI is InChI=1S/C15H13F3N4O/c1-8(12-6-9-4-2-3-5-11(9)23-12)21-14-20-7-10(13(19)22-14)15(16,17)18/h2-8H,1H3,(H3,19,20,21,22)/t8-/m1/s1. The van der Waals surface area contributed by atoms with Crippen LogP contribution in [0.4, 0.5) is 24.9 Å². The Balaban J connectivity index is 1.82. The fraction of sp³-hybridized carbons (Fsp3) is 0.200. The number of nitrogens with zero attached hydrogens (tertiary/aromatic N) is 2. The summed E-state index contributed by atoms with van der Waals surface area (Å²) in [5, 5.41) is 3.81. The van der Waals surface area contributed by atoms with E-state index < -0.39 is 17.6 Å². The van der Waals surface area contributed by atoms with Crippen molar-refractivity contribution in [3.05, 3.63) is 47.9 Å². The van der Waals surface area contributed by atoms with E-state index in [1.54, 1.807) is 6.92 Å². The van der Waals surface area contributed by atoms with Crippen LogP contribution >= 0.6 is 0 Å². The van der Waals surface area contributed by atoms with Crippen LogP contribution in [0.3, 0.4) is 0 Å². The first kappa shape index (κ1) is 15.1. The van der Waals surface area contributed by atoms with Gasteiger partial charge in [0, 0.05) is 11.6 Å². The van der Waals surface area contributed by atoms with Crippen LogP contribution in [-0.4, -0.2) is 9.97 Å². The quantitative estimate of drug-likeness (QED) is 0.762. The Morgan fingerprint density at radius 1 is 1.26 bits per heavy atom. The second-order valence-corrected chi connectivity index (χ2v) is 5.04. The molecule has 0 aliphatic carbocycles. The average molecular weight is 322 g/mol. The lowest BCUT2D eigenvalue weighted by Crippen LogP contribution is -2.14. The van der Waals surface area contributed by atoms with E-state index in [4.69, 9.17) is 10.2 Å². The molecule has 0 aliphatic rings. The molecule has 1 atom stereocenters. The van der Waals surface area contributed by atoms with Gasteiger partial charge in [-0.05, 0) is 19.1 Å². The number of hydrogen-bond acceptors (Lipinski definition) is 5. The fourth-order valence-corrected chi connectivity index (χ4v) is 2.16. The molecule has 2 heterocycles. The molecule has 23 heavy (non-hydrogen) atoms. The van der Waals surface area contributed by atoms with Gasteiger partial charge in [-0.3, -0.25) is 0 Å². The van der Waals surface area contributed by atoms with E-state index in [1.165, 1.54) is 0 Å². The van der Waals surface area contributed by atoms with E-state index in [0.717, 1.165) is 11.0 Å². The van der Waals surface area contributed by atoms with Gasteiger partial charge in [-0.2, -0.15) is 18.2 Å². The highest BCUT2D eigenvalue weighted by atomic mass is 19.4. The van der Waals surface area contributed by atoms with Crippen molar-refractivity contribution in [1.29, 1.82) is 0 Å². The number of alkyl halides is 3. The SMILES string of the molecule is C[C@@H](Nc1ncc(C(F)(F)F)c(N)n1)c1cc2ccccc2o1. The van der Waals surface area contributed by atoms with Gasteiger partial charge in [0.1, 0.15) is 22.7 Å². The van der Waals surface area contributed by atoms with Gasteiger partial charge in [-0.15, -0.1) is 0 Å². The number of benzene rings is 1. The Hall–Kier alpha value is -2.77. The number of hydrogen-bond donors (Lipinski definition) is 2. The van der Waals surface area contributed by atoms with E-state index in [9.17, 15) is 13.2 Å². The molecule has 3 aromatic rings. The van der Waals surface area contributed by atoms with Crippen molar-refractivity contribution in [2.45, 2.75) is 19.1 Å². The summed E-state index contributed by atoms with van der Waals surface area (Å²) in [7, 11) is 0. The minimum Gasteiger partial charge on any atom is -0.459 e. The Bertz CT molecular complexity index is 811. The summed E-state index contributed by atoms with van der Waals surface area (Å²) in [5.41, 5.74) is 5.02. The molecule has 3 rings (SSSR count). The van der Waals surface area contributed by atoms with Crippen molar-refractivity contribution in [2.24, 2.45) is 0 Å². The Labute approximate surface area is 129 Å². The van der Waals surface area contributed by atoms with Crippen molar-refractivity contribution >= 4 is 22.7 Å². The third-order valence-electron chi connectivity index (χ3n) is 3.34. The predicted molar refractivity (Wildman–Crippen MR) is 79.7 cm³/mol. The van der Waals surface area contributed by atoms with Crippen molar-refractivity contribution in [3.8, 4) is 0 Å². The molecule has 0 radical (unpaired) electrons. The second kappa shape index (κ2) is 5.45. The summed E-state index contributed by atoms with van der Waals surface area (Å²) < 4.78 is 43.6. The molecule has 1 aromatic carbocycles. The molecule has 0 spiro atoms. The largest absolute Gasteiger partial charge is 0.459 e. The number of nitrogens with two attached hydrogens (primary N) is 1. The minimum absolute atomic E-state index is 0.00320. The van der Waals surface area contributed by atoms with Crippen LogP contribution in [0.15, 0.2) is 40.9 Å². The van der Waals surface area contributed by atoms with Crippen LogP contribution in [0, 0.1) is 0 Å². The lowest BCUT2D eigenvalue weighted by atomic mass is 10.2. The summed E-state index contributed by atoms with van der Waals surface area (Å²) in [6.07, 6.45) is -3.91. The monoisotopic (exact) mass is 322 g/mol. The minimum atomic E-state index is -4.58. The topological polar surface area (TPSA) is 77.0 Å². The number of rotatable bonds is 3. The van der Waals surface area contributed by atoms with Crippen molar-refractivity contribution in [1.82, 2.24) is 9.97 Å². The average Bonchev–Trinajstić information content (AvgIpc) is 2.90. The molecular weight excluding hydrogens is 309 g/mol. The highest BCUT2D eigenvalue weighted by Crippen LogP contribution is 2.32. The molecule has 0 fully saturated rings. The molecule has 0 unspecified atom stereocenters. The van der Waals surface area contributed by atoms with Gasteiger partial charge in [0.05, 0.1) is 6.04 Å². The molecule has 2 aromatic heterocycles. The lowest BCUT2D eigenvalue weighted by Gasteiger charge is -2.13. The van der Waals surface area contributed by atoms with Crippen molar-refractivity contribution in [2.75, 3.05) is 11.1 Å². The Morgan fingerprint density at radius 2 is 2.00 bits per heavy atom. The molecule has 5 nitrogen and oxygen atoms in total. The molecule has 0 aliphatic heterocycles. The molecule has 0 amide bonds. The van der Waals surface area contributed by atoms with Crippen LogP contribution in [0.1, 0.15) is 24.3 Å². The van der Waals surface area contributed by atoms with Crippen LogP contribution in [0.2, 0.25) is 0 Å². The number of aromatic nitrogens is 2. The number of fused-ring (bicyclic) bond motifs is 1. The molecule has 120 valence electrons. The number of anilines is 2. The highest BCUT2D eigenvalue weighted by Gasteiger charge is 2.34. The van der Waals surface area contributed by atoms with Crippen molar-refractivity contribution < 1.29 is 17.6 Å². The van der Waals surface area contributed by atoms with Crippen LogP contribution < -0.4 is 11.1 Å². The summed E-state index contributed by atoms with van der Waals surface area (Å²) in [5.74, 6) is 0.00327. The smallest absolute Gasteiger partial charge is 0.421 e. The molecular formula is C15H13F3N4O. The highest BCUT2D eigenvalue weighted by molar-refractivity contribution is 5.77. The zero-order chi connectivity index (χ0) is 16.6. The number of para-hydroxylation sites is 1. The zero-order valence-corrected chi connectivity index (χ0v) is 12.1. The van der Waals surface area contributed by atoms with Crippen molar-refractivity contribution in [3.63, 3.8) is 0 Å². The third kappa shape index (κ3) is 3.05. The van der Waals surface area contributed by atoms with E-state index in [1.807, 2.05) is 30.3 Å². The third-order valence-corrected chi connectivity index (χ3v) is 3.34. The van der Waals surface area contributed by atoms with Crippen LogP contribution in [0.5, 0.6) is 0 Å². The van der Waals surface area contributed by atoms with E-state index in [2.05, 4.69) is 15.3 Å². The van der Waals surface area contributed by atoms with Gasteiger partial charge in [0.15, 0.2) is 0 Å². The maximum absolute atomic E-state index is 12.6. The molecule has 8 heteroatoms. The maximum Gasteiger partial charge on any atom is 0.421 e. The lowest BCUT2D eigenvalue weighted by molar-refractivity contribution is -0.137. The van der Waals surface area contributed by atoms with E-state index >= 15 is 0 Å². The van der Waals surface area contributed by atoms with Gasteiger partial charge in [-0.25, -0.2) is 4.98 Å². The molecule has 0 saturated carbocycles. The molecule has 3 N–H and O–H groups in total. The van der Waals surface area contributed by atoms with Gasteiger partial charge in [-0.1, -0.05) is 18.2 Å². The summed E-state index contributed by atoms with van der Waals surface area (Å²) in [6, 6.07) is 8.99. The fourth-order valence-electron chi connectivity index (χ4n) is 2.16. The second-order valence-electron chi connectivity index (χ2n) is 5.04. The normalized spacial score (nSPS) is 13.2. The van der Waals surface area contributed by atoms with Gasteiger partial charge in [0.25, 0.3) is 0 Å². The Kier molecular flexibility index (Phi) is 3.59. The number of halogens is 3. The van der Waals surface area contributed by atoms with E-state index in [-0.39, 0.29) is 12.0 Å².